The Hall–Kier alpha value is -3.00. The number of nitrogen functional groups attached to an aromatic ring is 1. The summed E-state index contributed by atoms with van der Waals surface area (Å²) in [7, 11) is -10.7. The molecule has 0 aliphatic carbocycles. The van der Waals surface area contributed by atoms with E-state index in [4.69, 9.17) is 45.3 Å². The van der Waals surface area contributed by atoms with Gasteiger partial charge in [-0.25, -0.2) is 24.1 Å². The first-order valence-corrected chi connectivity index (χ1v) is 17.4. The van der Waals surface area contributed by atoms with Gasteiger partial charge in [0.25, 0.3) is 0 Å². The number of phosphoric ester groups is 2. The van der Waals surface area contributed by atoms with Crippen molar-refractivity contribution in [1.29, 1.82) is 0 Å². The molecule has 2 aromatic rings. The predicted octanol–water partition coefficient (Wildman–Crippen LogP) is -4.35. The molecule has 1 amide bonds. The van der Waals surface area contributed by atoms with Crippen molar-refractivity contribution in [3.05, 3.63) is 36.7 Å². The number of phosphoric acid groups is 2. The Balaban J connectivity index is 0.000000860. The van der Waals surface area contributed by atoms with Gasteiger partial charge in [-0.1, -0.05) is 6.08 Å². The van der Waals surface area contributed by atoms with Gasteiger partial charge in [0, 0.05) is 18.0 Å². The Bertz CT molecular complexity index is 1640. The van der Waals surface area contributed by atoms with Crippen LogP contribution in [0.1, 0.15) is 12.6 Å². The number of nitrogens with zero attached hydrogens (tertiary/aromatic N) is 5. The second kappa shape index (κ2) is 16.6. The van der Waals surface area contributed by atoms with Crippen LogP contribution in [0.5, 0.6) is 0 Å². The molecular weight excluding hydrogens is 720 g/mol. The first-order chi connectivity index (χ1) is 23.5. The first-order valence-electron chi connectivity index (χ1n) is 14.4. The van der Waals surface area contributed by atoms with E-state index in [-0.39, 0.29) is 42.2 Å². The van der Waals surface area contributed by atoms with Crippen molar-refractivity contribution in [3.8, 4) is 0 Å². The third-order valence-corrected chi connectivity index (χ3v) is 9.90. The molecule has 0 bridgehead atoms. The van der Waals surface area contributed by atoms with E-state index in [2.05, 4.69) is 19.3 Å². The molecule has 3 aliphatic heterocycles. The van der Waals surface area contributed by atoms with Crippen LogP contribution in [0, 0.1) is 0 Å². The van der Waals surface area contributed by atoms with Crippen molar-refractivity contribution in [2.24, 2.45) is 5.73 Å². The molecular formula is C24H37N7O17P2. The second-order valence-corrected chi connectivity index (χ2v) is 13.9. The summed E-state index contributed by atoms with van der Waals surface area (Å²) < 4.78 is 50.8. The molecule has 26 heteroatoms. The fourth-order valence-electron chi connectivity index (χ4n) is 4.74. The Morgan fingerprint density at radius 1 is 0.940 bits per heavy atom. The van der Waals surface area contributed by atoms with Crippen molar-refractivity contribution in [3.63, 3.8) is 0 Å². The van der Waals surface area contributed by atoms with Crippen LogP contribution >= 0.6 is 15.6 Å². The lowest BCUT2D eigenvalue weighted by Crippen LogP contribution is -2.40. The molecule has 5 heterocycles. The van der Waals surface area contributed by atoms with Crippen molar-refractivity contribution in [1.82, 2.24) is 24.4 Å². The van der Waals surface area contributed by atoms with Gasteiger partial charge in [-0.15, -0.1) is 0 Å². The monoisotopic (exact) mass is 757 g/mol. The van der Waals surface area contributed by atoms with Crippen LogP contribution in [0.15, 0.2) is 36.7 Å². The molecule has 280 valence electrons. The summed E-state index contributed by atoms with van der Waals surface area (Å²) in [6, 6.07) is 0. The fraction of sp³-hybridized carbons (Fsp3) is 0.583. The van der Waals surface area contributed by atoms with E-state index >= 15 is 0 Å². The van der Waals surface area contributed by atoms with Crippen molar-refractivity contribution < 1.29 is 82.3 Å². The predicted molar refractivity (Wildman–Crippen MR) is 162 cm³/mol. The number of aromatic nitrogens is 4. The number of hydrogen-bond donors (Lipinski definition) is 11. The number of nitrogens with two attached hydrogens (primary N) is 2. The molecule has 0 spiro atoms. The highest BCUT2D eigenvalue weighted by Gasteiger charge is 2.48. The van der Waals surface area contributed by atoms with Gasteiger partial charge in [-0.05, 0) is 6.42 Å². The van der Waals surface area contributed by atoms with Crippen LogP contribution < -0.4 is 11.5 Å². The van der Waals surface area contributed by atoms with E-state index in [9.17, 15) is 44.1 Å². The summed E-state index contributed by atoms with van der Waals surface area (Å²) in [5.41, 5.74) is 11.6. The summed E-state index contributed by atoms with van der Waals surface area (Å²) >= 11 is 0. The van der Waals surface area contributed by atoms with E-state index in [1.165, 1.54) is 28.2 Å². The molecule has 2 unspecified atom stereocenters. The van der Waals surface area contributed by atoms with Gasteiger partial charge in [0.05, 0.1) is 32.8 Å². The molecule has 13 N–H and O–H groups in total. The average molecular weight is 758 g/mol. The molecule has 50 heavy (non-hydrogen) atoms. The van der Waals surface area contributed by atoms with Gasteiger partial charge in [-0.2, -0.15) is 4.31 Å². The third-order valence-electron chi connectivity index (χ3n) is 7.30. The molecule has 0 aromatic carbocycles. The number of aliphatic hydroxyl groups is 7. The number of carbonyl (C=O) groups is 1. The number of carbonyl (C=O) groups excluding carboxylic acids is 1. The highest BCUT2D eigenvalue weighted by atomic mass is 31.3. The minimum Gasteiger partial charge on any atom is -0.394 e. The van der Waals surface area contributed by atoms with Crippen molar-refractivity contribution in [2.75, 3.05) is 32.2 Å². The van der Waals surface area contributed by atoms with Gasteiger partial charge in [0.15, 0.2) is 23.9 Å². The van der Waals surface area contributed by atoms with Crippen molar-refractivity contribution >= 4 is 38.5 Å². The number of aliphatic hydroxyl groups excluding tert-OH is 7. The van der Waals surface area contributed by atoms with Crippen LogP contribution in [0.3, 0.4) is 0 Å². The smallest absolute Gasteiger partial charge is 0.394 e. The maximum atomic E-state index is 12.4. The highest BCUT2D eigenvalue weighted by molar-refractivity contribution is 7.61. The third kappa shape index (κ3) is 9.45. The normalized spacial score (nSPS) is 30.5. The molecule has 10 atom stereocenters. The number of imidazole rings is 1. The number of ether oxygens (including phenoxy) is 2. The molecule has 0 radical (unpaired) electrons. The van der Waals surface area contributed by atoms with Crippen molar-refractivity contribution in [2.45, 2.75) is 61.6 Å². The van der Waals surface area contributed by atoms with Crippen LogP contribution in [0.4, 0.5) is 5.82 Å². The first kappa shape index (κ1) is 39.8. The van der Waals surface area contributed by atoms with Crippen LogP contribution in [0.25, 0.3) is 11.2 Å². The molecule has 3 aliphatic rings. The Morgan fingerprint density at radius 3 is 2.04 bits per heavy atom. The summed E-state index contributed by atoms with van der Waals surface area (Å²) in [6.07, 6.45) is -5.83. The number of primary amides is 1. The lowest BCUT2D eigenvalue weighted by molar-refractivity contribution is -0.115. The summed E-state index contributed by atoms with van der Waals surface area (Å²) in [5.74, 6) is -0.658. The number of anilines is 1. The topological polar surface area (TPSA) is 378 Å². The second-order valence-electron chi connectivity index (χ2n) is 10.9. The van der Waals surface area contributed by atoms with E-state index in [0.717, 1.165) is 6.33 Å². The Kier molecular flexibility index (Phi) is 13.2. The lowest BCUT2D eigenvalue weighted by atomic mass is 10.1. The molecule has 5 rings (SSSR count). The lowest BCUT2D eigenvalue weighted by Gasteiger charge is -2.28. The van der Waals surface area contributed by atoms with Crippen LogP contribution in [-0.2, 0) is 36.8 Å². The number of fused-ring (bicyclic) bond motifs is 1. The highest BCUT2D eigenvalue weighted by Crippen LogP contribution is 2.60. The van der Waals surface area contributed by atoms with E-state index in [1.54, 1.807) is 6.08 Å². The standard InChI is InChI=1S/C21H29N7O14P2.C3H8O3/c22-17-12-19(25-7-24-17)28(8-26-12)21-16(32)14(30)11(41-21)6-39-44(36,37)42-43(34,35)38-5-10-13(29)15(31)20(40-10)27-3-1-2-9(4-27)18(23)33;4-1-3(6)2-5/h1,3-4,7-8,10-11,13-16,20-21,29-32H,2,5-6H2,(H2,23,33)(H,34,35)(H,36,37)(H2,22,24,25);3-6H,1-2H2/t10-,11-,13-,14-,15-,16-,20-,21-;/m1./s1. The summed E-state index contributed by atoms with van der Waals surface area (Å²) in [4.78, 5) is 44.6. The molecule has 2 aromatic heterocycles. The fourth-order valence-corrected chi connectivity index (χ4v) is 6.83. The van der Waals surface area contributed by atoms with Gasteiger partial charge in [-0.3, -0.25) is 18.4 Å². The summed E-state index contributed by atoms with van der Waals surface area (Å²) in [6.45, 7) is -2.51. The minimum atomic E-state index is -5.37. The van der Waals surface area contributed by atoms with E-state index in [0.29, 0.717) is 0 Å². The Labute approximate surface area is 281 Å². The number of hydrogen-bond acceptors (Lipinski definition) is 20. The van der Waals surface area contributed by atoms with Gasteiger partial charge in [0.1, 0.15) is 54.6 Å². The maximum absolute atomic E-state index is 12.4. The largest absolute Gasteiger partial charge is 0.481 e. The van der Waals surface area contributed by atoms with E-state index < -0.39 is 89.9 Å². The molecule has 24 nitrogen and oxygen atoms in total. The zero-order valence-electron chi connectivity index (χ0n) is 25.7. The van der Waals surface area contributed by atoms with Crippen LogP contribution in [-0.4, -0.2) is 151 Å². The Morgan fingerprint density at radius 2 is 1.50 bits per heavy atom. The van der Waals surface area contributed by atoms with E-state index in [1.807, 2.05) is 0 Å². The number of rotatable bonds is 13. The SMILES string of the molecule is NC(=O)C1=CN([C@@H]2O[C@H](COP(=O)(O)OP(=O)(O)OC[C@H]3O[C@@H](n4cnc5c(N)ncnc54)[C@H](O)[C@@H]3O)[C@@H](O)[C@H]2O)C=CC1.OCC(O)CO. The zero-order valence-corrected chi connectivity index (χ0v) is 27.5. The minimum absolute atomic E-state index is 0.0517. The maximum Gasteiger partial charge on any atom is 0.481 e. The number of allylic oxidation sites excluding steroid dienone is 1. The molecule has 0 saturated carbocycles. The van der Waals surface area contributed by atoms with Gasteiger partial charge >= 0.3 is 15.6 Å². The quantitative estimate of drug-likeness (QED) is 0.0860. The molecule has 2 fully saturated rings. The zero-order chi connectivity index (χ0) is 37.0. The van der Waals surface area contributed by atoms with Crippen LogP contribution in [0.2, 0.25) is 0 Å². The van der Waals surface area contributed by atoms with Gasteiger partial charge in [0.2, 0.25) is 5.91 Å². The summed E-state index contributed by atoms with van der Waals surface area (Å²) in [5, 5.41) is 65.7. The van der Waals surface area contributed by atoms with Gasteiger partial charge < -0.3 is 71.4 Å². The molecule has 2 saturated heterocycles. The number of amides is 1. The average Bonchev–Trinajstić information content (AvgIpc) is 3.72.